The van der Waals surface area contributed by atoms with Crippen LogP contribution in [0.5, 0.6) is 5.75 Å². The summed E-state index contributed by atoms with van der Waals surface area (Å²) >= 11 is 7.14. The lowest BCUT2D eigenvalue weighted by atomic mass is 10.2. The SMILES string of the molecule is COc1ccc(C)cc1-n1c(SCC(=O)NC(=O)NC2CC2)nc2cc(Cl)ccc2c1=O. The summed E-state index contributed by atoms with van der Waals surface area (Å²) in [6.45, 7) is 1.90. The summed E-state index contributed by atoms with van der Waals surface area (Å²) in [7, 11) is 1.52. The minimum atomic E-state index is -0.519. The molecule has 2 N–H and O–H groups in total. The lowest BCUT2D eigenvalue weighted by molar-refractivity contribution is -0.117. The molecule has 1 saturated carbocycles. The highest BCUT2D eigenvalue weighted by molar-refractivity contribution is 7.99. The van der Waals surface area contributed by atoms with Crippen molar-refractivity contribution in [3.63, 3.8) is 0 Å². The fourth-order valence-corrected chi connectivity index (χ4v) is 4.14. The van der Waals surface area contributed by atoms with Gasteiger partial charge in [0.1, 0.15) is 5.75 Å². The number of aromatic nitrogens is 2. The number of carbonyl (C=O) groups excluding carboxylic acids is 2. The number of fused-ring (bicyclic) bond motifs is 1. The summed E-state index contributed by atoms with van der Waals surface area (Å²) < 4.78 is 6.89. The first-order valence-corrected chi connectivity index (χ1v) is 11.3. The van der Waals surface area contributed by atoms with Crippen LogP contribution >= 0.6 is 23.4 Å². The number of nitrogens with one attached hydrogen (secondary N) is 2. The number of halogens is 1. The maximum absolute atomic E-state index is 13.4. The van der Waals surface area contributed by atoms with E-state index in [0.717, 1.165) is 30.2 Å². The molecule has 0 unspecified atom stereocenters. The molecule has 0 bridgehead atoms. The van der Waals surface area contributed by atoms with Gasteiger partial charge >= 0.3 is 6.03 Å². The molecule has 1 aromatic heterocycles. The molecule has 8 nitrogen and oxygen atoms in total. The zero-order chi connectivity index (χ0) is 22.8. The van der Waals surface area contributed by atoms with Crippen LogP contribution in [0.1, 0.15) is 18.4 Å². The van der Waals surface area contributed by atoms with Crippen molar-refractivity contribution in [2.75, 3.05) is 12.9 Å². The number of nitrogens with zero attached hydrogens (tertiary/aromatic N) is 2. The van der Waals surface area contributed by atoms with Crippen LogP contribution in [0.3, 0.4) is 0 Å². The number of ether oxygens (including phenoxy) is 1. The number of benzene rings is 2. The largest absolute Gasteiger partial charge is 0.495 e. The van der Waals surface area contributed by atoms with Gasteiger partial charge in [-0.1, -0.05) is 29.4 Å². The number of hydrogen-bond acceptors (Lipinski definition) is 6. The highest BCUT2D eigenvalue weighted by Gasteiger charge is 2.24. The third-order valence-corrected chi connectivity index (χ3v) is 6.05. The van der Waals surface area contributed by atoms with E-state index >= 15 is 0 Å². The van der Waals surface area contributed by atoms with E-state index in [-0.39, 0.29) is 22.5 Å². The second kappa shape index (κ2) is 9.22. The van der Waals surface area contributed by atoms with E-state index in [9.17, 15) is 14.4 Å². The van der Waals surface area contributed by atoms with Gasteiger partial charge in [-0.25, -0.2) is 9.78 Å². The summed E-state index contributed by atoms with van der Waals surface area (Å²) in [5, 5.41) is 6.11. The summed E-state index contributed by atoms with van der Waals surface area (Å²) in [5.41, 5.74) is 1.54. The average molecular weight is 473 g/mol. The molecule has 0 saturated heterocycles. The number of aryl methyl sites for hydroxylation is 1. The first kappa shape index (κ1) is 22.2. The van der Waals surface area contributed by atoms with Crippen molar-refractivity contribution in [2.24, 2.45) is 0 Å². The van der Waals surface area contributed by atoms with Gasteiger partial charge in [0.05, 0.1) is 29.5 Å². The molecule has 32 heavy (non-hydrogen) atoms. The van der Waals surface area contributed by atoms with Crippen LogP contribution in [0.15, 0.2) is 46.3 Å². The molecule has 1 heterocycles. The Morgan fingerprint density at radius 1 is 1.25 bits per heavy atom. The first-order valence-electron chi connectivity index (χ1n) is 9.96. The average Bonchev–Trinajstić information content (AvgIpc) is 3.55. The molecule has 1 fully saturated rings. The Morgan fingerprint density at radius 3 is 2.75 bits per heavy atom. The molecule has 1 aliphatic rings. The molecular formula is C22H21ClN4O4S. The predicted octanol–water partition coefficient (Wildman–Crippen LogP) is 3.44. The molecular weight excluding hydrogens is 452 g/mol. The van der Waals surface area contributed by atoms with Crippen LogP contribution in [0.4, 0.5) is 4.79 Å². The monoisotopic (exact) mass is 472 g/mol. The topological polar surface area (TPSA) is 102 Å². The van der Waals surface area contributed by atoms with E-state index in [4.69, 9.17) is 16.3 Å². The van der Waals surface area contributed by atoms with E-state index in [1.54, 1.807) is 24.3 Å². The molecule has 0 aliphatic heterocycles. The van der Waals surface area contributed by atoms with Gasteiger partial charge in [0, 0.05) is 11.1 Å². The molecule has 2 aromatic carbocycles. The zero-order valence-corrected chi connectivity index (χ0v) is 19.0. The molecule has 10 heteroatoms. The van der Waals surface area contributed by atoms with Crippen LogP contribution < -0.4 is 20.9 Å². The Bertz CT molecular complexity index is 1270. The van der Waals surface area contributed by atoms with E-state index in [0.29, 0.717) is 27.4 Å². The normalized spacial score (nSPS) is 13.1. The lowest BCUT2D eigenvalue weighted by Gasteiger charge is -2.16. The second-order valence-electron chi connectivity index (χ2n) is 7.46. The minimum absolute atomic E-state index is 0.106. The van der Waals surface area contributed by atoms with Gasteiger partial charge < -0.3 is 10.1 Å². The number of urea groups is 1. The molecule has 4 rings (SSSR count). The van der Waals surface area contributed by atoms with E-state index in [1.165, 1.54) is 11.7 Å². The van der Waals surface area contributed by atoms with Crippen molar-refractivity contribution in [3.8, 4) is 11.4 Å². The maximum atomic E-state index is 13.4. The van der Waals surface area contributed by atoms with Crippen LogP contribution in [0.2, 0.25) is 5.02 Å². The number of imide groups is 1. The number of rotatable bonds is 6. The predicted molar refractivity (Wildman–Crippen MR) is 124 cm³/mol. The van der Waals surface area contributed by atoms with Gasteiger partial charge in [-0.15, -0.1) is 0 Å². The standard InChI is InChI=1S/C22H21ClN4O4S/c1-12-3-8-18(31-2)17(9-12)27-20(29)15-7-4-13(23)10-16(15)25-22(27)32-11-19(28)26-21(30)24-14-5-6-14/h3-4,7-10,14H,5-6,11H2,1-2H3,(H2,24,26,28,30). The fraction of sp³-hybridized carbons (Fsp3) is 0.273. The Labute approximate surface area is 193 Å². The van der Waals surface area contributed by atoms with Gasteiger partial charge in [0.2, 0.25) is 5.91 Å². The molecule has 166 valence electrons. The summed E-state index contributed by atoms with van der Waals surface area (Å²) in [6.07, 6.45) is 1.84. The molecule has 0 spiro atoms. The van der Waals surface area contributed by atoms with E-state index in [1.807, 2.05) is 19.1 Å². The maximum Gasteiger partial charge on any atom is 0.321 e. The van der Waals surface area contributed by atoms with Gasteiger partial charge in [-0.3, -0.25) is 19.5 Å². The van der Waals surface area contributed by atoms with Crippen LogP contribution in [-0.4, -0.2) is 40.4 Å². The van der Waals surface area contributed by atoms with Crippen molar-refractivity contribution < 1.29 is 14.3 Å². The van der Waals surface area contributed by atoms with E-state index < -0.39 is 11.9 Å². The highest BCUT2D eigenvalue weighted by atomic mass is 35.5. The summed E-state index contributed by atoms with van der Waals surface area (Å²) in [6, 6.07) is 9.93. The van der Waals surface area contributed by atoms with Crippen molar-refractivity contribution in [3.05, 3.63) is 57.3 Å². The van der Waals surface area contributed by atoms with Crippen LogP contribution in [-0.2, 0) is 4.79 Å². The quantitative estimate of drug-likeness (QED) is 0.421. The molecule has 0 radical (unpaired) electrons. The zero-order valence-electron chi connectivity index (χ0n) is 17.5. The fourth-order valence-electron chi connectivity index (χ4n) is 3.16. The van der Waals surface area contributed by atoms with Gasteiger partial charge in [0.15, 0.2) is 5.16 Å². The number of thioether (sulfide) groups is 1. The first-order chi connectivity index (χ1) is 15.4. The smallest absolute Gasteiger partial charge is 0.321 e. The van der Waals surface area contributed by atoms with Crippen molar-refractivity contribution in [1.82, 2.24) is 20.2 Å². The Balaban J connectivity index is 1.72. The Kier molecular flexibility index (Phi) is 6.38. The number of hydrogen-bond donors (Lipinski definition) is 2. The summed E-state index contributed by atoms with van der Waals surface area (Å²) in [4.78, 5) is 42.2. The number of methoxy groups -OCH3 is 1. The molecule has 3 amide bonds. The second-order valence-corrected chi connectivity index (χ2v) is 8.84. The lowest BCUT2D eigenvalue weighted by Crippen LogP contribution is -2.41. The van der Waals surface area contributed by atoms with Crippen LogP contribution in [0.25, 0.3) is 16.6 Å². The van der Waals surface area contributed by atoms with Crippen molar-refractivity contribution in [1.29, 1.82) is 0 Å². The van der Waals surface area contributed by atoms with Crippen LogP contribution in [0, 0.1) is 6.92 Å². The van der Waals surface area contributed by atoms with Crippen molar-refractivity contribution >= 4 is 46.2 Å². The minimum Gasteiger partial charge on any atom is -0.495 e. The highest BCUT2D eigenvalue weighted by Crippen LogP contribution is 2.28. The third-order valence-electron chi connectivity index (χ3n) is 4.87. The van der Waals surface area contributed by atoms with Gasteiger partial charge in [0.25, 0.3) is 5.56 Å². The Hall–Kier alpha value is -3.04. The van der Waals surface area contributed by atoms with Crippen molar-refractivity contribution in [2.45, 2.75) is 31.0 Å². The molecule has 1 aliphatic carbocycles. The molecule has 0 atom stereocenters. The van der Waals surface area contributed by atoms with Gasteiger partial charge in [-0.05, 0) is 55.7 Å². The van der Waals surface area contributed by atoms with E-state index in [2.05, 4.69) is 15.6 Å². The number of amides is 3. The Morgan fingerprint density at radius 2 is 2.03 bits per heavy atom. The summed E-state index contributed by atoms with van der Waals surface area (Å²) in [5.74, 6) is -0.107. The third kappa shape index (κ3) is 4.89. The van der Waals surface area contributed by atoms with Gasteiger partial charge in [-0.2, -0.15) is 0 Å². The molecule has 3 aromatic rings. The number of carbonyl (C=O) groups is 2.